The van der Waals surface area contributed by atoms with E-state index in [2.05, 4.69) is 89.7 Å². The zero-order chi connectivity index (χ0) is 26.6. The first-order valence-electron chi connectivity index (χ1n) is 12.8. The summed E-state index contributed by atoms with van der Waals surface area (Å²) in [6.45, 7) is 0. The van der Waals surface area contributed by atoms with Gasteiger partial charge in [0, 0.05) is 36.2 Å². The van der Waals surface area contributed by atoms with Gasteiger partial charge in [-0.05, 0) is 65.7 Å². The Labute approximate surface area is 228 Å². The number of rotatable bonds is 7. The number of pyridine rings is 1. The molecule has 0 saturated carbocycles. The van der Waals surface area contributed by atoms with Gasteiger partial charge < -0.3 is 9.64 Å². The van der Waals surface area contributed by atoms with Crippen molar-refractivity contribution in [2.75, 3.05) is 19.0 Å². The lowest BCUT2D eigenvalue weighted by molar-refractivity contribution is -0.429. The third-order valence-corrected chi connectivity index (χ3v) is 6.64. The molecule has 0 fully saturated rings. The van der Waals surface area contributed by atoms with E-state index in [9.17, 15) is 0 Å². The number of para-hydroxylation sites is 1. The molecule has 1 aliphatic rings. The van der Waals surface area contributed by atoms with E-state index in [1.807, 2.05) is 83.3 Å². The maximum atomic E-state index is 6.24. The molecule has 5 nitrogen and oxygen atoms in total. The average molecular weight is 509 g/mol. The number of nitrogens with zero attached hydrogens (tertiary/aromatic N) is 4. The Hall–Kier alpha value is -5.25. The molecule has 6 rings (SSSR count). The van der Waals surface area contributed by atoms with Gasteiger partial charge >= 0.3 is 6.01 Å². The van der Waals surface area contributed by atoms with E-state index in [1.54, 1.807) is 0 Å². The Morgan fingerprint density at radius 3 is 2.21 bits per heavy atom. The molecule has 0 bridgehead atoms. The molecule has 4 aromatic carbocycles. The van der Waals surface area contributed by atoms with Crippen LogP contribution in [0.3, 0.4) is 0 Å². The highest BCUT2D eigenvalue weighted by atomic mass is 16.5. The predicted octanol–water partition coefficient (Wildman–Crippen LogP) is 7.92. The van der Waals surface area contributed by atoms with Crippen LogP contribution in [0.2, 0.25) is 0 Å². The van der Waals surface area contributed by atoms with Gasteiger partial charge in [0.15, 0.2) is 7.05 Å². The number of anilines is 2. The Morgan fingerprint density at radius 1 is 0.667 bits per heavy atom. The van der Waals surface area contributed by atoms with Crippen LogP contribution in [-0.4, -0.2) is 34.2 Å². The van der Waals surface area contributed by atoms with E-state index >= 15 is 0 Å². The van der Waals surface area contributed by atoms with Crippen molar-refractivity contribution in [3.63, 3.8) is 0 Å². The SMILES string of the molecule is CN(c1ccccc1)c1cccc(-c2ccnc(-c3cccc(Oc4cccc([N+]5=C=[N+](C)C=C5)c4)c3)c2)c1. The molecule has 0 unspecified atom stereocenters. The van der Waals surface area contributed by atoms with Crippen molar-refractivity contribution in [1.29, 1.82) is 0 Å². The quantitative estimate of drug-likeness (QED) is 0.209. The summed E-state index contributed by atoms with van der Waals surface area (Å²) in [4.78, 5) is 6.86. The van der Waals surface area contributed by atoms with E-state index in [4.69, 9.17) is 4.74 Å². The van der Waals surface area contributed by atoms with Gasteiger partial charge in [0.25, 0.3) is 6.20 Å². The second-order valence-electron chi connectivity index (χ2n) is 9.38. The van der Waals surface area contributed by atoms with Gasteiger partial charge in [0.1, 0.15) is 11.5 Å². The normalized spacial score (nSPS) is 12.2. The molecule has 39 heavy (non-hydrogen) atoms. The molecular formula is C34H28N4O+2. The molecule has 0 radical (unpaired) electrons. The summed E-state index contributed by atoms with van der Waals surface area (Å²) in [6, 6.07) is 42.4. The van der Waals surface area contributed by atoms with Crippen LogP contribution >= 0.6 is 0 Å². The van der Waals surface area contributed by atoms with Crippen molar-refractivity contribution >= 4 is 23.1 Å². The molecule has 0 aliphatic carbocycles. The fraction of sp³-hybridized carbons (Fsp3) is 0.0588. The molecule has 0 atom stereocenters. The van der Waals surface area contributed by atoms with Crippen molar-refractivity contribution in [2.24, 2.45) is 0 Å². The monoisotopic (exact) mass is 508 g/mol. The second-order valence-corrected chi connectivity index (χ2v) is 9.38. The van der Waals surface area contributed by atoms with E-state index in [1.165, 1.54) is 0 Å². The highest BCUT2D eigenvalue weighted by Crippen LogP contribution is 2.32. The minimum Gasteiger partial charge on any atom is -0.457 e. The number of benzene rings is 4. The molecule has 0 amide bonds. The van der Waals surface area contributed by atoms with Crippen LogP contribution in [0.15, 0.2) is 134 Å². The lowest BCUT2D eigenvalue weighted by Gasteiger charge is -2.20. The maximum Gasteiger partial charge on any atom is 0.495 e. The molecule has 1 aromatic heterocycles. The summed E-state index contributed by atoms with van der Waals surface area (Å²) in [6.07, 6.45) is 5.78. The smallest absolute Gasteiger partial charge is 0.457 e. The molecule has 0 spiro atoms. The molecule has 0 saturated heterocycles. The minimum absolute atomic E-state index is 0.755. The lowest BCUT2D eigenvalue weighted by Crippen LogP contribution is -2.08. The largest absolute Gasteiger partial charge is 0.495 e. The molecule has 5 heteroatoms. The van der Waals surface area contributed by atoms with Gasteiger partial charge in [0.05, 0.1) is 11.8 Å². The van der Waals surface area contributed by atoms with Crippen LogP contribution in [0.4, 0.5) is 17.1 Å². The zero-order valence-corrected chi connectivity index (χ0v) is 21.9. The molecule has 188 valence electrons. The number of hydrogen-bond acceptors (Lipinski definition) is 3. The van der Waals surface area contributed by atoms with Gasteiger partial charge in [0.2, 0.25) is 11.9 Å². The zero-order valence-electron chi connectivity index (χ0n) is 21.9. The molecule has 5 aromatic rings. The summed E-state index contributed by atoms with van der Waals surface area (Å²) in [7, 11) is 4.04. The summed E-state index contributed by atoms with van der Waals surface area (Å²) in [5.74, 6) is 1.51. The molecule has 2 heterocycles. The number of ether oxygens (including phenoxy) is 1. The van der Waals surface area contributed by atoms with Crippen LogP contribution in [0.5, 0.6) is 11.5 Å². The molecule has 0 N–H and O–H groups in total. The Kier molecular flexibility index (Phi) is 6.57. The summed E-state index contributed by atoms with van der Waals surface area (Å²) >= 11 is 0. The minimum atomic E-state index is 0.755. The van der Waals surface area contributed by atoms with E-state index in [0.29, 0.717) is 0 Å². The summed E-state index contributed by atoms with van der Waals surface area (Å²) in [5, 5.41) is 0. The average Bonchev–Trinajstić information content (AvgIpc) is 3.44. The van der Waals surface area contributed by atoms with Crippen LogP contribution < -0.4 is 9.64 Å². The molecular weight excluding hydrogens is 480 g/mol. The van der Waals surface area contributed by atoms with Gasteiger partial charge in [-0.2, -0.15) is 0 Å². The van der Waals surface area contributed by atoms with Crippen molar-refractivity contribution < 1.29 is 13.9 Å². The Morgan fingerprint density at radius 2 is 1.38 bits per heavy atom. The van der Waals surface area contributed by atoms with E-state index in [-0.39, 0.29) is 0 Å². The maximum absolute atomic E-state index is 6.24. The number of hydrogen-bond donors (Lipinski definition) is 0. The van der Waals surface area contributed by atoms with Crippen molar-refractivity contribution in [1.82, 2.24) is 4.98 Å². The van der Waals surface area contributed by atoms with Gasteiger partial charge in [-0.3, -0.25) is 4.98 Å². The topological polar surface area (TPSA) is 31.4 Å². The summed E-state index contributed by atoms with van der Waals surface area (Å²) in [5.41, 5.74) is 7.39. The highest BCUT2D eigenvalue weighted by Gasteiger charge is 2.17. The van der Waals surface area contributed by atoms with Crippen molar-refractivity contribution in [2.45, 2.75) is 0 Å². The third-order valence-electron chi connectivity index (χ3n) is 6.64. The van der Waals surface area contributed by atoms with Crippen LogP contribution in [-0.2, 0) is 0 Å². The fourth-order valence-corrected chi connectivity index (χ4v) is 4.56. The second kappa shape index (κ2) is 10.6. The number of aromatic nitrogens is 1. The van der Waals surface area contributed by atoms with Crippen molar-refractivity contribution in [3.05, 3.63) is 134 Å². The van der Waals surface area contributed by atoms with Crippen LogP contribution in [0.25, 0.3) is 22.4 Å². The van der Waals surface area contributed by atoms with E-state index in [0.717, 1.165) is 50.9 Å². The lowest BCUT2D eigenvalue weighted by atomic mass is 10.0. The van der Waals surface area contributed by atoms with Crippen molar-refractivity contribution in [3.8, 4) is 33.9 Å². The highest BCUT2D eigenvalue weighted by molar-refractivity contribution is 5.75. The summed E-state index contributed by atoms with van der Waals surface area (Å²) < 4.78 is 10.1. The van der Waals surface area contributed by atoms with E-state index < -0.39 is 0 Å². The van der Waals surface area contributed by atoms with Gasteiger partial charge in [-0.1, -0.05) is 57.7 Å². The Bertz CT molecular complexity index is 1750. The third kappa shape index (κ3) is 5.40. The first-order chi connectivity index (χ1) is 19.1. The van der Waals surface area contributed by atoms with Crippen LogP contribution in [0, 0.1) is 0 Å². The fourth-order valence-electron chi connectivity index (χ4n) is 4.56. The standard InChI is InChI=1S/C34H28N4O/c1-36-19-20-38(25-36)31-14-8-16-33(24-31)39-32-15-7-10-28(22-32)34-23-27(17-18-35-34)26-9-6-13-30(21-26)37(2)29-11-4-3-5-12-29/h3-24H,1-2H3/q+2. The Balaban J connectivity index is 1.25. The van der Waals surface area contributed by atoms with Gasteiger partial charge in [-0.15, -0.1) is 0 Å². The molecule has 1 aliphatic heterocycles. The van der Waals surface area contributed by atoms with Crippen LogP contribution in [0.1, 0.15) is 0 Å². The first kappa shape index (κ1) is 24.1. The van der Waals surface area contributed by atoms with Gasteiger partial charge in [-0.25, -0.2) is 0 Å². The first-order valence-corrected chi connectivity index (χ1v) is 12.8. The predicted molar refractivity (Wildman–Crippen MR) is 156 cm³/mol.